The summed E-state index contributed by atoms with van der Waals surface area (Å²) in [4.78, 5) is 8.14. The minimum absolute atomic E-state index is 0.190. The summed E-state index contributed by atoms with van der Waals surface area (Å²) in [5.74, 6) is -0.488. The zero-order valence-corrected chi connectivity index (χ0v) is 18.1. The van der Waals surface area contributed by atoms with Gasteiger partial charge in [0.1, 0.15) is 11.6 Å². The summed E-state index contributed by atoms with van der Waals surface area (Å²) >= 11 is 1.54. The Labute approximate surface area is 185 Å². The number of rotatable bonds is 4. The molecular formula is C24H24F2N4S. The van der Waals surface area contributed by atoms with Crippen LogP contribution >= 0.6 is 11.9 Å². The summed E-state index contributed by atoms with van der Waals surface area (Å²) < 4.78 is 31.1. The molecule has 7 heteroatoms. The predicted molar refractivity (Wildman–Crippen MR) is 124 cm³/mol. The standard InChI is InChI=1S/C24H24F2N4S/c1-15-11-21-22(29-31-15)20-13-18(26)7-8-28-23(20)24(21)30-10-9-27-19(14-30)6-5-16-3-2-4-17(25)12-16/h2-4,7-8,11-13,19,27,29H,5-6,9-10,14H2,1H3. The van der Waals surface area contributed by atoms with Crippen LogP contribution in [0.2, 0.25) is 0 Å². The second-order valence-corrected chi connectivity index (χ2v) is 9.15. The van der Waals surface area contributed by atoms with Crippen molar-refractivity contribution in [2.75, 3.05) is 29.3 Å². The second-order valence-electron chi connectivity index (χ2n) is 8.10. The van der Waals surface area contributed by atoms with Crippen LogP contribution in [-0.2, 0) is 6.42 Å². The number of nitrogens with zero attached hydrogens (tertiary/aromatic N) is 2. The fourth-order valence-corrected chi connectivity index (χ4v) is 5.13. The van der Waals surface area contributed by atoms with Gasteiger partial charge in [-0.2, -0.15) is 0 Å². The summed E-state index contributed by atoms with van der Waals surface area (Å²) in [5.41, 5.74) is 5.70. The Bertz CT molecular complexity index is 1120. The Balaban J connectivity index is 1.44. The van der Waals surface area contributed by atoms with Crippen molar-refractivity contribution in [3.63, 3.8) is 0 Å². The first-order valence-corrected chi connectivity index (χ1v) is 11.4. The number of hydrogen-bond donors (Lipinski definition) is 2. The van der Waals surface area contributed by atoms with Crippen LogP contribution < -0.4 is 14.9 Å². The maximum absolute atomic E-state index is 14.2. The number of allylic oxidation sites excluding steroid dienone is 1. The summed E-state index contributed by atoms with van der Waals surface area (Å²) in [6.45, 7) is 4.59. The Morgan fingerprint density at radius 3 is 2.94 bits per heavy atom. The third-order valence-corrected chi connectivity index (χ3v) is 6.64. The number of hydrogen-bond acceptors (Lipinski definition) is 5. The van der Waals surface area contributed by atoms with Gasteiger partial charge in [-0.15, -0.1) is 0 Å². The van der Waals surface area contributed by atoms with E-state index in [2.05, 4.69) is 32.9 Å². The van der Waals surface area contributed by atoms with E-state index in [1.54, 1.807) is 36.3 Å². The molecule has 1 fully saturated rings. The molecule has 2 N–H and O–H groups in total. The van der Waals surface area contributed by atoms with Crippen LogP contribution in [0.15, 0.2) is 47.5 Å². The van der Waals surface area contributed by atoms with Crippen molar-refractivity contribution in [1.82, 2.24) is 10.3 Å². The summed E-state index contributed by atoms with van der Waals surface area (Å²) in [5, 5.41) is 3.60. The van der Waals surface area contributed by atoms with Gasteiger partial charge in [-0.05, 0) is 67.6 Å². The van der Waals surface area contributed by atoms with Crippen molar-refractivity contribution < 1.29 is 8.78 Å². The quantitative estimate of drug-likeness (QED) is 0.540. The minimum atomic E-state index is -0.298. The van der Waals surface area contributed by atoms with E-state index >= 15 is 0 Å². The third-order valence-electron chi connectivity index (χ3n) is 5.90. The van der Waals surface area contributed by atoms with Crippen LogP contribution in [0.4, 0.5) is 20.2 Å². The lowest BCUT2D eigenvalue weighted by Crippen LogP contribution is -2.51. The van der Waals surface area contributed by atoms with Crippen LogP contribution in [0.25, 0.3) is 17.3 Å². The average Bonchev–Trinajstić information content (AvgIpc) is 2.91. The molecule has 1 atom stereocenters. The highest BCUT2D eigenvalue weighted by atomic mass is 32.2. The average molecular weight is 439 g/mol. The van der Waals surface area contributed by atoms with Crippen molar-refractivity contribution >= 4 is 29.4 Å². The number of aromatic nitrogens is 1. The molecule has 0 spiro atoms. The Morgan fingerprint density at radius 2 is 2.06 bits per heavy atom. The number of aryl methyl sites for hydroxylation is 1. The molecule has 0 saturated carbocycles. The zero-order chi connectivity index (χ0) is 21.4. The van der Waals surface area contributed by atoms with E-state index in [0.717, 1.165) is 71.1 Å². The summed E-state index contributed by atoms with van der Waals surface area (Å²) in [6.07, 6.45) is 5.44. The maximum atomic E-state index is 14.2. The molecule has 0 amide bonds. The minimum Gasteiger partial charge on any atom is -0.366 e. The van der Waals surface area contributed by atoms with Gasteiger partial charge >= 0.3 is 0 Å². The van der Waals surface area contributed by atoms with E-state index in [-0.39, 0.29) is 17.7 Å². The summed E-state index contributed by atoms with van der Waals surface area (Å²) in [7, 11) is 0. The van der Waals surface area contributed by atoms with E-state index in [9.17, 15) is 8.78 Å². The number of benzene rings is 1. The van der Waals surface area contributed by atoms with Crippen molar-refractivity contribution in [2.24, 2.45) is 0 Å². The molecule has 4 aliphatic rings. The Kier molecular flexibility index (Phi) is 5.54. The number of nitrogens with one attached hydrogen (secondary N) is 2. The first-order chi connectivity index (χ1) is 15.1. The van der Waals surface area contributed by atoms with Crippen LogP contribution in [0.5, 0.6) is 0 Å². The molecule has 4 nitrogen and oxygen atoms in total. The van der Waals surface area contributed by atoms with Gasteiger partial charge in [0.25, 0.3) is 0 Å². The lowest BCUT2D eigenvalue weighted by molar-refractivity contribution is 0.434. The molecule has 0 bridgehead atoms. The van der Waals surface area contributed by atoms with Gasteiger partial charge in [0, 0.05) is 47.9 Å². The number of anilines is 2. The van der Waals surface area contributed by atoms with E-state index < -0.39 is 0 Å². The van der Waals surface area contributed by atoms with E-state index in [1.807, 2.05) is 6.07 Å². The first-order valence-electron chi connectivity index (χ1n) is 10.5. The van der Waals surface area contributed by atoms with E-state index in [1.165, 1.54) is 12.1 Å². The molecule has 3 aliphatic heterocycles. The van der Waals surface area contributed by atoms with Gasteiger partial charge < -0.3 is 14.9 Å². The van der Waals surface area contributed by atoms with Crippen molar-refractivity contribution in [2.45, 2.75) is 25.8 Å². The van der Waals surface area contributed by atoms with E-state index in [0.29, 0.717) is 0 Å². The molecule has 1 aromatic rings. The Morgan fingerprint density at radius 1 is 1.19 bits per heavy atom. The second kappa shape index (κ2) is 8.48. The van der Waals surface area contributed by atoms with Crippen molar-refractivity contribution in [3.05, 3.63) is 70.3 Å². The van der Waals surface area contributed by atoms with Crippen LogP contribution in [0.1, 0.15) is 24.5 Å². The number of halogens is 2. The predicted octanol–water partition coefficient (Wildman–Crippen LogP) is 5.31. The SMILES string of the molecule is CC1=Cc2c(c3cc(F)ccnc-3c2N2CCNC(CCc3cccc(F)c3)C2)NS1. The van der Waals surface area contributed by atoms with Gasteiger partial charge in [0.15, 0.2) is 0 Å². The third kappa shape index (κ3) is 4.12. The lowest BCUT2D eigenvalue weighted by Gasteiger charge is -2.36. The van der Waals surface area contributed by atoms with Gasteiger partial charge in [-0.3, -0.25) is 4.98 Å². The number of piperazine rings is 1. The van der Waals surface area contributed by atoms with E-state index in [4.69, 9.17) is 0 Å². The van der Waals surface area contributed by atoms with Gasteiger partial charge in [-0.25, -0.2) is 8.78 Å². The highest BCUT2D eigenvalue weighted by molar-refractivity contribution is 8.04. The molecule has 0 aromatic heterocycles. The van der Waals surface area contributed by atoms with Gasteiger partial charge in [0.2, 0.25) is 0 Å². The van der Waals surface area contributed by atoms with Crippen LogP contribution in [0.3, 0.4) is 0 Å². The smallest absolute Gasteiger partial charge is 0.125 e. The lowest BCUT2D eigenvalue weighted by atomic mass is 10.0. The fraction of sp³-hybridized carbons (Fsp3) is 0.292. The molecule has 1 saturated heterocycles. The first kappa shape index (κ1) is 20.3. The Hall–Kier alpha value is -2.64. The molecule has 1 aromatic carbocycles. The molecule has 3 heterocycles. The highest BCUT2D eigenvalue weighted by Gasteiger charge is 2.31. The molecule has 1 aliphatic carbocycles. The molecular weight excluding hydrogens is 414 g/mol. The molecule has 0 radical (unpaired) electrons. The molecule has 160 valence electrons. The van der Waals surface area contributed by atoms with Crippen molar-refractivity contribution in [3.8, 4) is 11.3 Å². The van der Waals surface area contributed by atoms with Gasteiger partial charge in [0.05, 0.1) is 17.1 Å². The topological polar surface area (TPSA) is 40.2 Å². The molecule has 31 heavy (non-hydrogen) atoms. The molecule has 5 rings (SSSR count). The maximum Gasteiger partial charge on any atom is 0.125 e. The normalized spacial score (nSPS) is 18.5. The van der Waals surface area contributed by atoms with Crippen LogP contribution in [-0.4, -0.2) is 30.7 Å². The van der Waals surface area contributed by atoms with Crippen LogP contribution in [0, 0.1) is 11.6 Å². The monoisotopic (exact) mass is 438 g/mol. The number of fused-ring (bicyclic) bond motifs is 3. The highest BCUT2D eigenvalue weighted by Crippen LogP contribution is 2.50. The molecule has 1 unspecified atom stereocenters. The fourth-order valence-electron chi connectivity index (χ4n) is 4.47. The van der Waals surface area contributed by atoms with Crippen molar-refractivity contribution in [1.29, 1.82) is 0 Å². The zero-order valence-electron chi connectivity index (χ0n) is 17.3. The van der Waals surface area contributed by atoms with Gasteiger partial charge in [-0.1, -0.05) is 12.1 Å². The largest absolute Gasteiger partial charge is 0.366 e. The summed E-state index contributed by atoms with van der Waals surface area (Å²) in [6, 6.07) is 10.1.